The Morgan fingerprint density at radius 1 is 1.05 bits per heavy atom. The molecule has 0 bridgehead atoms. The van der Waals surface area contributed by atoms with Crippen LogP contribution in [0, 0.1) is 5.82 Å². The topological polar surface area (TPSA) is 83.2 Å². The molecule has 0 aliphatic heterocycles. The zero-order chi connectivity index (χ0) is 13.8. The maximum atomic E-state index is 12.8. The van der Waals surface area contributed by atoms with E-state index in [0.29, 0.717) is 5.75 Å². The molecule has 0 fully saturated rings. The molecule has 19 heavy (non-hydrogen) atoms. The number of nitrogens with zero attached hydrogens (tertiary/aromatic N) is 3. The Labute approximate surface area is 109 Å². The van der Waals surface area contributed by atoms with Crippen LogP contribution in [0.1, 0.15) is 13.8 Å². The number of nitrogens with two attached hydrogens (primary N) is 1. The molecule has 0 amide bonds. The SMILES string of the molecule is CC(C)Oc1nc(N)nc(Oc2ccc(F)cc2)n1. The minimum atomic E-state index is -0.355. The average molecular weight is 264 g/mol. The molecule has 0 aliphatic carbocycles. The van der Waals surface area contributed by atoms with E-state index in [1.54, 1.807) is 0 Å². The quantitative estimate of drug-likeness (QED) is 0.911. The smallest absolute Gasteiger partial charge is 0.330 e. The standard InChI is InChI=1S/C12H13FN4O2/c1-7(2)18-11-15-10(14)16-12(17-11)19-9-5-3-8(13)4-6-9/h3-7H,1-2H3,(H2,14,15,16,17). The molecule has 0 atom stereocenters. The van der Waals surface area contributed by atoms with Crippen molar-refractivity contribution in [3.8, 4) is 17.8 Å². The van der Waals surface area contributed by atoms with Gasteiger partial charge in [0.05, 0.1) is 6.10 Å². The normalized spacial score (nSPS) is 10.5. The van der Waals surface area contributed by atoms with Crippen molar-refractivity contribution in [1.29, 1.82) is 0 Å². The second kappa shape index (κ2) is 5.47. The number of hydrogen-bond donors (Lipinski definition) is 1. The maximum Gasteiger partial charge on any atom is 0.330 e. The summed E-state index contributed by atoms with van der Waals surface area (Å²) in [7, 11) is 0. The Morgan fingerprint density at radius 3 is 2.32 bits per heavy atom. The summed E-state index contributed by atoms with van der Waals surface area (Å²) in [5, 5.41) is 0. The highest BCUT2D eigenvalue weighted by atomic mass is 19.1. The lowest BCUT2D eigenvalue weighted by atomic mass is 10.3. The third-order valence-corrected chi connectivity index (χ3v) is 1.98. The van der Waals surface area contributed by atoms with Crippen molar-refractivity contribution in [2.75, 3.05) is 5.73 Å². The Balaban J connectivity index is 2.19. The van der Waals surface area contributed by atoms with Crippen molar-refractivity contribution in [3.05, 3.63) is 30.1 Å². The van der Waals surface area contributed by atoms with Gasteiger partial charge in [-0.3, -0.25) is 0 Å². The second-order valence-corrected chi connectivity index (χ2v) is 3.98. The van der Waals surface area contributed by atoms with Crippen molar-refractivity contribution in [3.63, 3.8) is 0 Å². The predicted octanol–water partition coefficient (Wildman–Crippen LogP) is 2.17. The van der Waals surface area contributed by atoms with Crippen molar-refractivity contribution in [1.82, 2.24) is 15.0 Å². The molecule has 0 unspecified atom stereocenters. The summed E-state index contributed by atoms with van der Waals surface area (Å²) in [6, 6.07) is 5.53. The number of nitrogen functional groups attached to an aromatic ring is 1. The maximum absolute atomic E-state index is 12.8. The number of ether oxygens (including phenoxy) is 2. The first kappa shape index (κ1) is 13.0. The van der Waals surface area contributed by atoms with E-state index in [2.05, 4.69) is 15.0 Å². The molecule has 0 radical (unpaired) electrons. The first-order chi connectivity index (χ1) is 9.02. The van der Waals surface area contributed by atoms with Crippen LogP contribution in [0.2, 0.25) is 0 Å². The van der Waals surface area contributed by atoms with Gasteiger partial charge in [-0.1, -0.05) is 0 Å². The van der Waals surface area contributed by atoms with Gasteiger partial charge >= 0.3 is 12.0 Å². The van der Waals surface area contributed by atoms with Crippen molar-refractivity contribution >= 4 is 5.95 Å². The first-order valence-electron chi connectivity index (χ1n) is 5.64. The number of anilines is 1. The van der Waals surface area contributed by atoms with Crippen molar-refractivity contribution < 1.29 is 13.9 Å². The van der Waals surface area contributed by atoms with Crippen LogP contribution in [0.15, 0.2) is 24.3 Å². The minimum Gasteiger partial charge on any atom is -0.461 e. The summed E-state index contributed by atoms with van der Waals surface area (Å²) in [5.41, 5.74) is 5.53. The fourth-order valence-electron chi connectivity index (χ4n) is 1.27. The van der Waals surface area contributed by atoms with Crippen LogP contribution in [0.5, 0.6) is 17.8 Å². The average Bonchev–Trinajstić information content (AvgIpc) is 2.30. The largest absolute Gasteiger partial charge is 0.461 e. The summed E-state index contributed by atoms with van der Waals surface area (Å²) in [6.45, 7) is 3.67. The highest BCUT2D eigenvalue weighted by Gasteiger charge is 2.09. The van der Waals surface area contributed by atoms with Crippen LogP contribution in [-0.2, 0) is 0 Å². The molecule has 1 heterocycles. The molecule has 100 valence electrons. The molecule has 6 nitrogen and oxygen atoms in total. The molecule has 0 saturated heterocycles. The van der Waals surface area contributed by atoms with Crippen LogP contribution < -0.4 is 15.2 Å². The van der Waals surface area contributed by atoms with E-state index in [4.69, 9.17) is 15.2 Å². The van der Waals surface area contributed by atoms with Gasteiger partial charge in [-0.2, -0.15) is 9.97 Å². The van der Waals surface area contributed by atoms with E-state index in [-0.39, 0.29) is 29.9 Å². The Hall–Kier alpha value is -2.44. The Morgan fingerprint density at radius 2 is 1.68 bits per heavy atom. The van der Waals surface area contributed by atoms with E-state index >= 15 is 0 Å². The van der Waals surface area contributed by atoms with Gasteiger partial charge in [0.2, 0.25) is 5.95 Å². The van der Waals surface area contributed by atoms with Crippen molar-refractivity contribution in [2.24, 2.45) is 0 Å². The van der Waals surface area contributed by atoms with Crippen LogP contribution in [-0.4, -0.2) is 21.1 Å². The molecule has 2 N–H and O–H groups in total. The molecule has 2 aromatic rings. The number of benzene rings is 1. The molecule has 7 heteroatoms. The third kappa shape index (κ3) is 3.77. The van der Waals surface area contributed by atoms with E-state index in [0.717, 1.165) is 0 Å². The molecule has 1 aromatic heterocycles. The van der Waals surface area contributed by atoms with Gasteiger partial charge in [0.1, 0.15) is 11.6 Å². The van der Waals surface area contributed by atoms with Gasteiger partial charge < -0.3 is 15.2 Å². The van der Waals surface area contributed by atoms with Crippen LogP contribution in [0.25, 0.3) is 0 Å². The fraction of sp³-hybridized carbons (Fsp3) is 0.250. The molecule has 0 saturated carbocycles. The zero-order valence-corrected chi connectivity index (χ0v) is 10.5. The first-order valence-corrected chi connectivity index (χ1v) is 5.64. The van der Waals surface area contributed by atoms with Gasteiger partial charge in [-0.05, 0) is 38.1 Å². The summed E-state index contributed by atoms with van der Waals surface area (Å²) in [5.74, 6) is 0.0246. The van der Waals surface area contributed by atoms with Gasteiger partial charge in [0.25, 0.3) is 0 Å². The minimum absolute atomic E-state index is 0.00485. The molecule has 2 rings (SSSR count). The van der Waals surface area contributed by atoms with Crippen LogP contribution in [0.4, 0.5) is 10.3 Å². The molecule has 0 aliphatic rings. The second-order valence-electron chi connectivity index (χ2n) is 3.98. The number of halogens is 1. The van der Waals surface area contributed by atoms with Crippen LogP contribution in [0.3, 0.4) is 0 Å². The summed E-state index contributed by atoms with van der Waals surface area (Å²) < 4.78 is 23.4. The number of hydrogen-bond acceptors (Lipinski definition) is 6. The third-order valence-electron chi connectivity index (χ3n) is 1.98. The van der Waals surface area contributed by atoms with Gasteiger partial charge in [0, 0.05) is 0 Å². The lowest BCUT2D eigenvalue weighted by molar-refractivity contribution is 0.219. The Bertz CT molecular complexity index is 560. The van der Waals surface area contributed by atoms with E-state index in [1.807, 2.05) is 13.8 Å². The highest BCUT2D eigenvalue weighted by molar-refractivity contribution is 5.27. The van der Waals surface area contributed by atoms with E-state index in [1.165, 1.54) is 24.3 Å². The number of rotatable bonds is 4. The molecular formula is C12H13FN4O2. The highest BCUT2D eigenvalue weighted by Crippen LogP contribution is 2.20. The van der Waals surface area contributed by atoms with Gasteiger partial charge in [0.15, 0.2) is 0 Å². The molecule has 1 aromatic carbocycles. The molecule has 0 spiro atoms. The summed E-state index contributed by atoms with van der Waals surface area (Å²) in [6.07, 6.45) is -0.0968. The summed E-state index contributed by atoms with van der Waals surface area (Å²) >= 11 is 0. The lowest BCUT2D eigenvalue weighted by Gasteiger charge is -2.09. The Kier molecular flexibility index (Phi) is 3.74. The number of aromatic nitrogens is 3. The fourth-order valence-corrected chi connectivity index (χ4v) is 1.27. The van der Waals surface area contributed by atoms with E-state index in [9.17, 15) is 4.39 Å². The lowest BCUT2D eigenvalue weighted by Crippen LogP contribution is -2.10. The predicted molar refractivity (Wildman–Crippen MR) is 66.5 cm³/mol. The van der Waals surface area contributed by atoms with E-state index < -0.39 is 0 Å². The zero-order valence-electron chi connectivity index (χ0n) is 10.5. The van der Waals surface area contributed by atoms with Gasteiger partial charge in [-0.15, -0.1) is 4.98 Å². The summed E-state index contributed by atoms with van der Waals surface area (Å²) in [4.78, 5) is 11.6. The molecular weight excluding hydrogens is 251 g/mol. The van der Waals surface area contributed by atoms with Crippen LogP contribution >= 0.6 is 0 Å². The monoisotopic (exact) mass is 264 g/mol. The van der Waals surface area contributed by atoms with Gasteiger partial charge in [-0.25, -0.2) is 4.39 Å². The van der Waals surface area contributed by atoms with Crippen molar-refractivity contribution in [2.45, 2.75) is 20.0 Å².